The molecule has 2 rings (SSSR count). The summed E-state index contributed by atoms with van der Waals surface area (Å²) in [5.41, 5.74) is 0.510. The fourth-order valence-electron chi connectivity index (χ4n) is 3.01. The number of halogens is 3. The van der Waals surface area contributed by atoms with E-state index >= 15 is 0 Å². The average Bonchev–Trinajstić information content (AvgIpc) is 2.73. The quantitative estimate of drug-likeness (QED) is 0.575. The number of nitrogens with zero attached hydrogens (tertiary/aromatic N) is 2. The van der Waals surface area contributed by atoms with Crippen molar-refractivity contribution in [3.63, 3.8) is 0 Å². The Morgan fingerprint density at radius 1 is 1.00 bits per heavy atom. The van der Waals surface area contributed by atoms with Gasteiger partial charge in [-0.05, 0) is 42.8 Å². The van der Waals surface area contributed by atoms with Gasteiger partial charge in [0.1, 0.15) is 0 Å². The summed E-state index contributed by atoms with van der Waals surface area (Å²) in [6.07, 6.45) is -4.45. The van der Waals surface area contributed by atoms with Crippen LogP contribution in [-0.2, 0) is 27.0 Å². The van der Waals surface area contributed by atoms with Gasteiger partial charge in [-0.2, -0.15) is 13.2 Å². The third-order valence-electron chi connectivity index (χ3n) is 4.51. The minimum atomic E-state index is -4.45. The van der Waals surface area contributed by atoms with Crippen LogP contribution in [-0.4, -0.2) is 61.4 Å². The molecule has 0 unspecified atom stereocenters. The molecule has 0 saturated carbocycles. The van der Waals surface area contributed by atoms with Gasteiger partial charge in [0, 0.05) is 31.9 Å². The summed E-state index contributed by atoms with van der Waals surface area (Å²) in [7, 11) is 3.23. The maximum absolute atomic E-state index is 12.8. The molecule has 1 N–H and O–H groups in total. The topological polar surface area (TPSA) is 79.0 Å². The maximum Gasteiger partial charge on any atom is 0.416 e. The fourth-order valence-corrected chi connectivity index (χ4v) is 3.01. The Morgan fingerprint density at radius 2 is 1.67 bits per heavy atom. The summed E-state index contributed by atoms with van der Waals surface area (Å²) in [5.74, 6) is -1.24. The number of benzene rings is 2. The third-order valence-corrected chi connectivity index (χ3v) is 4.51. The second kappa shape index (κ2) is 11.5. The highest BCUT2D eigenvalue weighted by Crippen LogP contribution is 2.29. The lowest BCUT2D eigenvalue weighted by Gasteiger charge is -2.21. The number of alkyl halides is 3. The zero-order chi connectivity index (χ0) is 24.6. The number of hydrogen-bond acceptors (Lipinski definition) is 5. The first kappa shape index (κ1) is 25.9. The Balaban J connectivity index is 2.11. The average molecular weight is 465 g/mol. The van der Waals surface area contributed by atoms with E-state index in [4.69, 9.17) is 4.74 Å². The molecule has 178 valence electrons. The molecule has 0 atom stereocenters. The van der Waals surface area contributed by atoms with Crippen LogP contribution in [0.1, 0.15) is 28.4 Å². The van der Waals surface area contributed by atoms with Crippen LogP contribution in [0.2, 0.25) is 0 Å². The molecule has 0 bridgehead atoms. The lowest BCUT2D eigenvalue weighted by molar-refractivity contribution is -0.144. The van der Waals surface area contributed by atoms with Crippen molar-refractivity contribution >= 4 is 23.5 Å². The van der Waals surface area contributed by atoms with Crippen LogP contribution in [0, 0.1) is 0 Å². The summed E-state index contributed by atoms with van der Waals surface area (Å²) < 4.78 is 43.3. The molecule has 0 aliphatic carbocycles. The van der Waals surface area contributed by atoms with Gasteiger partial charge in [0.05, 0.1) is 25.3 Å². The van der Waals surface area contributed by atoms with Gasteiger partial charge in [-0.3, -0.25) is 19.3 Å². The van der Waals surface area contributed by atoms with Crippen LogP contribution in [0.25, 0.3) is 0 Å². The number of ether oxygens (including phenoxy) is 1. The number of amides is 2. The van der Waals surface area contributed by atoms with E-state index in [0.717, 1.165) is 12.1 Å². The highest BCUT2D eigenvalue weighted by molar-refractivity contribution is 5.97. The third kappa shape index (κ3) is 8.23. The normalized spacial score (nSPS) is 11.2. The van der Waals surface area contributed by atoms with Crippen molar-refractivity contribution in [1.82, 2.24) is 9.80 Å². The zero-order valence-electron chi connectivity index (χ0n) is 18.6. The molecule has 7 nitrogen and oxygen atoms in total. The lowest BCUT2D eigenvalue weighted by atomic mass is 10.1. The molecule has 0 saturated heterocycles. The molecule has 2 aromatic rings. The van der Waals surface area contributed by atoms with Gasteiger partial charge >= 0.3 is 12.1 Å². The number of nitrogens with one attached hydrogen (secondary N) is 1. The Hall–Kier alpha value is -3.40. The number of carbonyl (C=O) groups excluding carboxylic acids is 3. The van der Waals surface area contributed by atoms with Gasteiger partial charge in [0.2, 0.25) is 5.91 Å². The zero-order valence-corrected chi connectivity index (χ0v) is 18.6. The summed E-state index contributed by atoms with van der Waals surface area (Å²) in [6.45, 7) is 1.43. The Labute approximate surface area is 190 Å². The van der Waals surface area contributed by atoms with E-state index in [1.54, 1.807) is 39.2 Å². The van der Waals surface area contributed by atoms with Gasteiger partial charge in [-0.25, -0.2) is 0 Å². The first-order chi connectivity index (χ1) is 15.5. The van der Waals surface area contributed by atoms with Crippen LogP contribution < -0.4 is 5.32 Å². The minimum absolute atomic E-state index is 0.0591. The molecule has 2 amide bonds. The van der Waals surface area contributed by atoms with E-state index in [9.17, 15) is 27.6 Å². The van der Waals surface area contributed by atoms with Gasteiger partial charge < -0.3 is 15.0 Å². The smallest absolute Gasteiger partial charge is 0.416 e. The predicted molar refractivity (Wildman–Crippen MR) is 116 cm³/mol. The van der Waals surface area contributed by atoms with Crippen LogP contribution in [0.15, 0.2) is 48.5 Å². The predicted octanol–water partition coefficient (Wildman–Crippen LogP) is 3.41. The van der Waals surface area contributed by atoms with Crippen LogP contribution in [0.5, 0.6) is 0 Å². The molecule has 0 radical (unpaired) electrons. The molecule has 0 aromatic heterocycles. The van der Waals surface area contributed by atoms with Crippen molar-refractivity contribution in [3.8, 4) is 0 Å². The summed E-state index contributed by atoms with van der Waals surface area (Å²) in [5, 5.41) is 2.67. The Bertz CT molecular complexity index is 976. The number of hydrogen-bond donors (Lipinski definition) is 1. The van der Waals surface area contributed by atoms with Crippen LogP contribution >= 0.6 is 0 Å². The van der Waals surface area contributed by atoms with Gasteiger partial charge in [0.15, 0.2) is 0 Å². The van der Waals surface area contributed by atoms with Crippen molar-refractivity contribution in [1.29, 1.82) is 0 Å². The van der Waals surface area contributed by atoms with E-state index in [0.29, 0.717) is 16.8 Å². The molecule has 0 spiro atoms. The highest BCUT2D eigenvalue weighted by Gasteiger charge is 2.30. The minimum Gasteiger partial charge on any atom is -0.465 e. The SMILES string of the molecule is CCOC(=O)CN(CC(=O)Nc1cccc(C(=O)N(C)C)c1)Cc1ccc(C(F)(F)F)cc1. The van der Waals surface area contributed by atoms with E-state index in [-0.39, 0.29) is 32.1 Å². The van der Waals surface area contributed by atoms with Gasteiger partial charge in [-0.1, -0.05) is 18.2 Å². The first-order valence-electron chi connectivity index (χ1n) is 10.1. The molecule has 33 heavy (non-hydrogen) atoms. The molecular formula is C23H26F3N3O4. The highest BCUT2D eigenvalue weighted by atomic mass is 19.4. The lowest BCUT2D eigenvalue weighted by Crippen LogP contribution is -2.37. The van der Waals surface area contributed by atoms with Crippen LogP contribution in [0.4, 0.5) is 18.9 Å². The van der Waals surface area contributed by atoms with E-state index in [1.165, 1.54) is 28.0 Å². The molecule has 10 heteroatoms. The summed E-state index contributed by atoms with van der Waals surface area (Å²) in [6, 6.07) is 10.9. The Morgan fingerprint density at radius 3 is 2.24 bits per heavy atom. The standard InChI is InChI=1S/C23H26F3N3O4/c1-4-33-21(31)15-29(13-16-8-10-18(11-9-16)23(24,25)26)14-20(30)27-19-7-5-6-17(12-19)22(32)28(2)3/h5-12H,4,13-15H2,1-3H3,(H,27,30). The fraction of sp³-hybridized carbons (Fsp3) is 0.348. The maximum atomic E-state index is 12.8. The monoisotopic (exact) mass is 465 g/mol. The van der Waals surface area contributed by atoms with Gasteiger partial charge in [0.25, 0.3) is 5.91 Å². The number of esters is 1. The number of rotatable bonds is 9. The molecular weight excluding hydrogens is 439 g/mol. The molecule has 2 aromatic carbocycles. The second-order valence-corrected chi connectivity index (χ2v) is 7.47. The van der Waals surface area contributed by atoms with Crippen molar-refractivity contribution in [2.24, 2.45) is 0 Å². The first-order valence-corrected chi connectivity index (χ1v) is 10.1. The van der Waals surface area contributed by atoms with Crippen molar-refractivity contribution < 1.29 is 32.3 Å². The van der Waals surface area contributed by atoms with Crippen LogP contribution in [0.3, 0.4) is 0 Å². The second-order valence-electron chi connectivity index (χ2n) is 7.47. The van der Waals surface area contributed by atoms with E-state index < -0.39 is 23.6 Å². The number of carbonyl (C=O) groups is 3. The number of anilines is 1. The van der Waals surface area contributed by atoms with E-state index in [1.807, 2.05) is 0 Å². The van der Waals surface area contributed by atoms with Crippen molar-refractivity contribution in [2.75, 3.05) is 39.1 Å². The van der Waals surface area contributed by atoms with Crippen molar-refractivity contribution in [2.45, 2.75) is 19.6 Å². The summed E-state index contributed by atoms with van der Waals surface area (Å²) in [4.78, 5) is 39.6. The summed E-state index contributed by atoms with van der Waals surface area (Å²) >= 11 is 0. The molecule has 0 heterocycles. The Kier molecular flexibility index (Phi) is 8.98. The molecule has 0 aliphatic rings. The van der Waals surface area contributed by atoms with Gasteiger partial charge in [-0.15, -0.1) is 0 Å². The largest absolute Gasteiger partial charge is 0.465 e. The van der Waals surface area contributed by atoms with Crippen molar-refractivity contribution in [3.05, 3.63) is 65.2 Å². The molecule has 0 aliphatic heterocycles. The van der Waals surface area contributed by atoms with E-state index in [2.05, 4.69) is 5.32 Å². The molecule has 0 fully saturated rings.